The summed E-state index contributed by atoms with van der Waals surface area (Å²) in [6.45, 7) is 0. The van der Waals surface area contributed by atoms with Crippen molar-refractivity contribution in [3.8, 4) is 12.1 Å². The average molecular weight is 433 g/mol. The van der Waals surface area contributed by atoms with Crippen LogP contribution in [0.3, 0.4) is 0 Å². The second-order valence-electron chi connectivity index (χ2n) is 6.17. The topological polar surface area (TPSA) is 130 Å². The summed E-state index contributed by atoms with van der Waals surface area (Å²) in [6.07, 6.45) is 3.59. The predicted octanol–water partition coefficient (Wildman–Crippen LogP) is 2.54. The summed E-state index contributed by atoms with van der Waals surface area (Å²) in [5, 5.41) is 25.3. The van der Waals surface area contributed by atoms with Gasteiger partial charge in [0, 0.05) is 24.3 Å². The summed E-state index contributed by atoms with van der Waals surface area (Å²) in [5.74, 6) is 0.711. The van der Waals surface area contributed by atoms with Crippen LogP contribution in [0.25, 0.3) is 0 Å². The number of benzene rings is 2. The maximum Gasteiger partial charge on any atom is 0.240 e. The number of carbonyl (C=O) groups excluding carboxylic acids is 2. The molecule has 0 heterocycles. The number of nitrogens with one attached hydrogen (secondary N) is 2. The van der Waals surface area contributed by atoms with Gasteiger partial charge in [-0.15, -0.1) is 0 Å². The van der Waals surface area contributed by atoms with Crippen LogP contribution >= 0.6 is 11.8 Å². The standard InChI is InChI=1S/C22H20N6O2S/c23-13-17-1-5-19(6-2-17)15-25-27-21(29)9-11-31-12-10-22(30)28-26-16-20-7-3-18(14-24)4-8-20/h1-8,15-16H,9-12H2,(H,27,29)(H,28,30). The first-order valence-corrected chi connectivity index (χ1v) is 10.5. The molecular weight excluding hydrogens is 412 g/mol. The molecule has 0 unspecified atom stereocenters. The van der Waals surface area contributed by atoms with Crippen molar-refractivity contribution in [3.05, 3.63) is 70.8 Å². The normalized spacial score (nSPS) is 10.5. The third kappa shape index (κ3) is 9.39. The van der Waals surface area contributed by atoms with Crippen molar-refractivity contribution in [1.82, 2.24) is 10.9 Å². The van der Waals surface area contributed by atoms with E-state index in [9.17, 15) is 9.59 Å². The smallest absolute Gasteiger partial charge is 0.240 e. The van der Waals surface area contributed by atoms with Gasteiger partial charge in [-0.25, -0.2) is 10.9 Å². The van der Waals surface area contributed by atoms with E-state index in [0.717, 1.165) is 11.1 Å². The molecule has 0 saturated heterocycles. The highest BCUT2D eigenvalue weighted by atomic mass is 32.2. The number of hydrazone groups is 2. The summed E-state index contributed by atoms with van der Waals surface area (Å²) >= 11 is 1.49. The van der Waals surface area contributed by atoms with E-state index >= 15 is 0 Å². The lowest BCUT2D eigenvalue weighted by molar-refractivity contribution is -0.121. The monoisotopic (exact) mass is 432 g/mol. The second-order valence-corrected chi connectivity index (χ2v) is 7.39. The Morgan fingerprint density at radius 3 is 1.52 bits per heavy atom. The zero-order valence-corrected chi connectivity index (χ0v) is 17.4. The molecule has 8 nitrogen and oxygen atoms in total. The fourth-order valence-electron chi connectivity index (χ4n) is 2.19. The largest absolute Gasteiger partial charge is 0.273 e. The van der Waals surface area contributed by atoms with Gasteiger partial charge in [-0.1, -0.05) is 24.3 Å². The zero-order valence-electron chi connectivity index (χ0n) is 16.6. The fraction of sp³-hybridized carbons (Fsp3) is 0.182. The molecule has 31 heavy (non-hydrogen) atoms. The number of rotatable bonds is 10. The summed E-state index contributed by atoms with van der Waals surface area (Å²) in [6, 6.07) is 17.7. The Morgan fingerprint density at radius 2 is 1.16 bits per heavy atom. The van der Waals surface area contributed by atoms with E-state index in [1.165, 1.54) is 24.2 Å². The molecule has 156 valence electrons. The summed E-state index contributed by atoms with van der Waals surface area (Å²) in [7, 11) is 0. The summed E-state index contributed by atoms with van der Waals surface area (Å²) < 4.78 is 0. The molecule has 0 fully saturated rings. The minimum atomic E-state index is -0.214. The zero-order chi connectivity index (χ0) is 22.3. The molecule has 0 aliphatic heterocycles. The highest BCUT2D eigenvalue weighted by Gasteiger charge is 2.02. The van der Waals surface area contributed by atoms with E-state index in [2.05, 4.69) is 21.1 Å². The number of carbonyl (C=O) groups is 2. The van der Waals surface area contributed by atoms with Gasteiger partial charge in [-0.2, -0.15) is 32.5 Å². The van der Waals surface area contributed by atoms with Crippen LogP contribution in [0, 0.1) is 22.7 Å². The lowest BCUT2D eigenvalue weighted by atomic mass is 10.2. The molecule has 2 aromatic rings. The van der Waals surface area contributed by atoms with Crippen LogP contribution in [0.4, 0.5) is 0 Å². The number of nitrogens with zero attached hydrogens (tertiary/aromatic N) is 4. The van der Waals surface area contributed by atoms with E-state index < -0.39 is 0 Å². The SMILES string of the molecule is N#Cc1ccc(C=NNC(=O)CCSCCC(=O)NN=Cc2ccc(C#N)cc2)cc1. The third-order valence-electron chi connectivity index (χ3n) is 3.83. The quantitative estimate of drug-likeness (QED) is 0.338. The van der Waals surface area contributed by atoms with Crippen molar-refractivity contribution in [2.24, 2.45) is 10.2 Å². The van der Waals surface area contributed by atoms with Crippen LogP contribution in [-0.2, 0) is 9.59 Å². The van der Waals surface area contributed by atoms with Gasteiger partial charge < -0.3 is 0 Å². The minimum Gasteiger partial charge on any atom is -0.273 e. The molecular formula is C22H20N6O2S. The van der Waals surface area contributed by atoms with Crippen molar-refractivity contribution in [3.63, 3.8) is 0 Å². The van der Waals surface area contributed by atoms with E-state index in [-0.39, 0.29) is 24.7 Å². The molecule has 9 heteroatoms. The Morgan fingerprint density at radius 1 is 0.774 bits per heavy atom. The number of amides is 2. The van der Waals surface area contributed by atoms with E-state index in [0.29, 0.717) is 22.6 Å². The Balaban J connectivity index is 1.55. The number of thioether (sulfide) groups is 1. The molecule has 2 rings (SSSR count). The van der Waals surface area contributed by atoms with Gasteiger partial charge in [-0.3, -0.25) is 9.59 Å². The third-order valence-corrected chi connectivity index (χ3v) is 4.82. The molecule has 2 aromatic carbocycles. The Kier molecular flexibility index (Phi) is 10.0. The van der Waals surface area contributed by atoms with E-state index in [1.54, 1.807) is 48.5 Å². The van der Waals surface area contributed by atoms with E-state index in [4.69, 9.17) is 10.5 Å². The molecule has 2 N–H and O–H groups in total. The van der Waals surface area contributed by atoms with Gasteiger partial charge in [0.25, 0.3) is 0 Å². The first kappa shape index (κ1) is 23.3. The van der Waals surface area contributed by atoms with Crippen LogP contribution in [0.1, 0.15) is 35.1 Å². The van der Waals surface area contributed by atoms with Gasteiger partial charge in [0.1, 0.15) is 0 Å². The number of hydrogen-bond donors (Lipinski definition) is 2. The number of hydrogen-bond acceptors (Lipinski definition) is 7. The first-order valence-electron chi connectivity index (χ1n) is 9.32. The molecule has 0 spiro atoms. The molecule has 0 atom stereocenters. The van der Waals surface area contributed by atoms with Gasteiger partial charge in [0.2, 0.25) is 11.8 Å². The summed E-state index contributed by atoms with van der Waals surface area (Å²) in [5.41, 5.74) is 7.57. The molecule has 0 bridgehead atoms. The highest BCUT2D eigenvalue weighted by molar-refractivity contribution is 7.99. The lowest BCUT2D eigenvalue weighted by Crippen LogP contribution is -2.19. The molecule has 0 radical (unpaired) electrons. The fourth-order valence-corrected chi connectivity index (χ4v) is 3.05. The molecule has 0 saturated carbocycles. The van der Waals surface area contributed by atoms with Crippen molar-refractivity contribution >= 4 is 36.0 Å². The van der Waals surface area contributed by atoms with Crippen molar-refractivity contribution in [2.45, 2.75) is 12.8 Å². The van der Waals surface area contributed by atoms with Crippen LogP contribution < -0.4 is 10.9 Å². The van der Waals surface area contributed by atoms with Crippen LogP contribution in [-0.4, -0.2) is 35.7 Å². The van der Waals surface area contributed by atoms with Crippen LogP contribution in [0.2, 0.25) is 0 Å². The molecule has 0 aliphatic rings. The average Bonchev–Trinajstić information content (AvgIpc) is 2.80. The van der Waals surface area contributed by atoms with Crippen molar-refractivity contribution in [2.75, 3.05) is 11.5 Å². The van der Waals surface area contributed by atoms with Crippen molar-refractivity contribution in [1.29, 1.82) is 10.5 Å². The molecule has 0 aliphatic carbocycles. The minimum absolute atomic E-state index is 0.214. The predicted molar refractivity (Wildman–Crippen MR) is 120 cm³/mol. The van der Waals surface area contributed by atoms with Gasteiger partial charge >= 0.3 is 0 Å². The first-order chi connectivity index (χ1) is 15.1. The maximum absolute atomic E-state index is 11.7. The number of nitriles is 2. The Labute approximate surface area is 184 Å². The lowest BCUT2D eigenvalue weighted by Gasteiger charge is -2.01. The molecule has 2 amide bonds. The second kappa shape index (κ2) is 13.3. The van der Waals surface area contributed by atoms with Gasteiger partial charge in [0.05, 0.1) is 35.7 Å². The molecule has 0 aromatic heterocycles. The summed E-state index contributed by atoms with van der Waals surface area (Å²) in [4.78, 5) is 23.5. The Bertz CT molecular complexity index is 934. The maximum atomic E-state index is 11.7. The van der Waals surface area contributed by atoms with Gasteiger partial charge in [0.15, 0.2) is 0 Å². The van der Waals surface area contributed by atoms with Gasteiger partial charge in [-0.05, 0) is 35.4 Å². The van der Waals surface area contributed by atoms with Crippen molar-refractivity contribution < 1.29 is 9.59 Å². The van der Waals surface area contributed by atoms with Crippen LogP contribution in [0.15, 0.2) is 58.7 Å². The Hall–Kier alpha value is -3.95. The van der Waals surface area contributed by atoms with E-state index in [1.807, 2.05) is 12.1 Å². The van der Waals surface area contributed by atoms with Crippen LogP contribution in [0.5, 0.6) is 0 Å². The highest BCUT2D eigenvalue weighted by Crippen LogP contribution is 2.05.